The van der Waals surface area contributed by atoms with Crippen molar-refractivity contribution in [2.75, 3.05) is 38.6 Å². The number of piperazine rings is 1. The van der Waals surface area contributed by atoms with Crippen LogP contribution < -0.4 is 10.1 Å². The highest BCUT2D eigenvalue weighted by Crippen LogP contribution is 2.17. The predicted octanol–water partition coefficient (Wildman–Crippen LogP) is 2.67. The summed E-state index contributed by atoms with van der Waals surface area (Å²) >= 11 is 5.98. The van der Waals surface area contributed by atoms with Crippen LogP contribution in [0.5, 0.6) is 5.75 Å². The number of benzene rings is 2. The third kappa shape index (κ3) is 4.69. The number of carbonyl (C=O) groups excluding carboxylic acids is 1. The molecule has 4 rings (SSSR count). The van der Waals surface area contributed by atoms with Gasteiger partial charge >= 0.3 is 6.03 Å². The molecule has 1 saturated heterocycles. The Morgan fingerprint density at radius 3 is 2.60 bits per heavy atom. The van der Waals surface area contributed by atoms with Crippen molar-refractivity contribution in [1.29, 1.82) is 0 Å². The molecular weight excluding hydrogens is 406 g/mol. The van der Waals surface area contributed by atoms with Crippen molar-refractivity contribution in [3.63, 3.8) is 0 Å². The Labute approximate surface area is 179 Å². The second-order valence-electron chi connectivity index (χ2n) is 6.91. The smallest absolute Gasteiger partial charge is 0.321 e. The number of anilines is 1. The molecule has 0 unspecified atom stereocenters. The minimum Gasteiger partial charge on any atom is -0.497 e. The Kier molecular flexibility index (Phi) is 6.10. The summed E-state index contributed by atoms with van der Waals surface area (Å²) in [6, 6.07) is 14.6. The molecule has 10 heteroatoms. The first-order valence-electron chi connectivity index (χ1n) is 9.58. The normalized spacial score (nSPS) is 14.5. The standard InChI is InChI=1S/C20H22ClN7O2/c1-30-18-7-5-17(6-8-18)28-19(23-24-25-28)14-26-9-11-27(12-10-26)20(29)22-16-4-2-3-15(21)13-16/h2-8,13H,9-12,14H2,1H3,(H,22,29). The minimum atomic E-state index is -0.125. The first-order valence-corrected chi connectivity index (χ1v) is 9.96. The van der Waals surface area contributed by atoms with E-state index in [1.54, 1.807) is 28.8 Å². The maximum absolute atomic E-state index is 12.5. The molecule has 1 aromatic heterocycles. The zero-order valence-electron chi connectivity index (χ0n) is 16.5. The number of ether oxygens (including phenoxy) is 1. The van der Waals surface area contributed by atoms with E-state index >= 15 is 0 Å². The molecular formula is C20H22ClN7O2. The molecule has 0 bridgehead atoms. The number of nitrogens with zero attached hydrogens (tertiary/aromatic N) is 6. The van der Waals surface area contributed by atoms with Crippen molar-refractivity contribution >= 4 is 23.3 Å². The fourth-order valence-electron chi connectivity index (χ4n) is 3.31. The van der Waals surface area contributed by atoms with Crippen LogP contribution in [0.4, 0.5) is 10.5 Å². The van der Waals surface area contributed by atoms with Gasteiger partial charge in [0.15, 0.2) is 5.82 Å². The van der Waals surface area contributed by atoms with Crippen molar-refractivity contribution in [2.24, 2.45) is 0 Å². The molecule has 2 heterocycles. The minimum absolute atomic E-state index is 0.125. The van der Waals surface area contributed by atoms with Crippen molar-refractivity contribution in [2.45, 2.75) is 6.54 Å². The van der Waals surface area contributed by atoms with Crippen molar-refractivity contribution in [3.05, 3.63) is 59.4 Å². The molecule has 0 saturated carbocycles. The van der Waals surface area contributed by atoms with Gasteiger partial charge in [-0.2, -0.15) is 4.68 Å². The SMILES string of the molecule is COc1ccc(-n2nnnc2CN2CCN(C(=O)Nc3cccc(Cl)c3)CC2)cc1. The molecule has 2 aromatic carbocycles. The van der Waals surface area contributed by atoms with E-state index in [0.717, 1.165) is 30.4 Å². The number of nitrogens with one attached hydrogen (secondary N) is 1. The van der Waals surface area contributed by atoms with Crippen molar-refractivity contribution in [3.8, 4) is 11.4 Å². The lowest BCUT2D eigenvalue weighted by molar-refractivity contribution is 0.140. The van der Waals surface area contributed by atoms with Crippen LogP contribution in [0.2, 0.25) is 5.02 Å². The molecule has 0 radical (unpaired) electrons. The summed E-state index contributed by atoms with van der Waals surface area (Å²) in [7, 11) is 1.63. The molecule has 30 heavy (non-hydrogen) atoms. The maximum atomic E-state index is 12.5. The molecule has 2 amide bonds. The second kappa shape index (κ2) is 9.10. The number of hydrogen-bond donors (Lipinski definition) is 1. The Balaban J connectivity index is 1.33. The Morgan fingerprint density at radius 1 is 1.13 bits per heavy atom. The largest absolute Gasteiger partial charge is 0.497 e. The van der Waals surface area contributed by atoms with E-state index in [0.29, 0.717) is 30.3 Å². The van der Waals surface area contributed by atoms with E-state index in [-0.39, 0.29) is 6.03 Å². The van der Waals surface area contributed by atoms with E-state index in [2.05, 4.69) is 25.7 Å². The van der Waals surface area contributed by atoms with E-state index in [4.69, 9.17) is 16.3 Å². The van der Waals surface area contributed by atoms with E-state index in [1.807, 2.05) is 36.4 Å². The number of urea groups is 1. The molecule has 1 aliphatic rings. The van der Waals surface area contributed by atoms with E-state index in [1.165, 1.54) is 0 Å². The monoisotopic (exact) mass is 427 g/mol. The predicted molar refractivity (Wildman–Crippen MR) is 113 cm³/mol. The Hall–Kier alpha value is -3.17. The molecule has 0 spiro atoms. The van der Waals surface area contributed by atoms with Gasteiger partial charge in [0.25, 0.3) is 0 Å². The van der Waals surface area contributed by atoms with Crippen molar-refractivity contribution < 1.29 is 9.53 Å². The molecule has 1 fully saturated rings. The molecule has 3 aromatic rings. The second-order valence-corrected chi connectivity index (χ2v) is 7.35. The fraction of sp³-hybridized carbons (Fsp3) is 0.300. The van der Waals surface area contributed by atoms with Gasteiger partial charge in [-0.25, -0.2) is 4.79 Å². The first kappa shape index (κ1) is 20.1. The average molecular weight is 428 g/mol. The van der Waals surface area contributed by atoms with Gasteiger partial charge in [0, 0.05) is 36.9 Å². The quantitative estimate of drug-likeness (QED) is 0.673. The van der Waals surface area contributed by atoms with Crippen LogP contribution in [0.25, 0.3) is 5.69 Å². The molecule has 0 aliphatic carbocycles. The van der Waals surface area contributed by atoms with Gasteiger partial charge in [-0.05, 0) is 52.9 Å². The van der Waals surface area contributed by atoms with Crippen LogP contribution in [0.3, 0.4) is 0 Å². The zero-order chi connectivity index (χ0) is 20.9. The maximum Gasteiger partial charge on any atom is 0.321 e. The van der Waals surface area contributed by atoms with Gasteiger partial charge in [-0.1, -0.05) is 17.7 Å². The van der Waals surface area contributed by atoms with Crippen LogP contribution in [0.1, 0.15) is 5.82 Å². The Morgan fingerprint density at radius 2 is 1.90 bits per heavy atom. The summed E-state index contributed by atoms with van der Waals surface area (Å²) in [6.45, 7) is 3.31. The topological polar surface area (TPSA) is 88.4 Å². The summed E-state index contributed by atoms with van der Waals surface area (Å²) in [5.74, 6) is 1.53. The molecule has 1 N–H and O–H groups in total. The number of carbonyl (C=O) groups is 1. The summed E-state index contributed by atoms with van der Waals surface area (Å²) < 4.78 is 6.92. The van der Waals surface area contributed by atoms with Crippen molar-refractivity contribution in [1.82, 2.24) is 30.0 Å². The third-order valence-corrected chi connectivity index (χ3v) is 5.19. The zero-order valence-corrected chi connectivity index (χ0v) is 17.3. The van der Waals surface area contributed by atoms with E-state index < -0.39 is 0 Å². The lowest BCUT2D eigenvalue weighted by Gasteiger charge is -2.34. The average Bonchev–Trinajstić information content (AvgIpc) is 3.22. The van der Waals surface area contributed by atoms with Crippen LogP contribution in [-0.4, -0.2) is 69.3 Å². The number of aromatic nitrogens is 4. The first-order chi connectivity index (χ1) is 14.6. The molecule has 0 atom stereocenters. The summed E-state index contributed by atoms with van der Waals surface area (Å²) in [5, 5.41) is 15.6. The van der Waals surface area contributed by atoms with Gasteiger partial charge in [0.2, 0.25) is 0 Å². The third-order valence-electron chi connectivity index (χ3n) is 4.95. The Bertz CT molecular complexity index is 1000. The highest BCUT2D eigenvalue weighted by molar-refractivity contribution is 6.30. The van der Waals surface area contributed by atoms with E-state index in [9.17, 15) is 4.79 Å². The van der Waals surface area contributed by atoms with Gasteiger partial charge in [0.05, 0.1) is 19.3 Å². The van der Waals surface area contributed by atoms with Gasteiger partial charge in [-0.15, -0.1) is 5.10 Å². The fourth-order valence-corrected chi connectivity index (χ4v) is 3.50. The number of tetrazole rings is 1. The van der Waals surface area contributed by atoms with Gasteiger partial charge in [-0.3, -0.25) is 4.90 Å². The number of halogens is 1. The van der Waals surface area contributed by atoms with Crippen LogP contribution in [0, 0.1) is 0 Å². The summed E-state index contributed by atoms with van der Waals surface area (Å²) in [6.07, 6.45) is 0. The number of hydrogen-bond acceptors (Lipinski definition) is 6. The summed E-state index contributed by atoms with van der Waals surface area (Å²) in [4.78, 5) is 16.5. The summed E-state index contributed by atoms with van der Waals surface area (Å²) in [5.41, 5.74) is 1.56. The lowest BCUT2D eigenvalue weighted by atomic mass is 10.3. The lowest BCUT2D eigenvalue weighted by Crippen LogP contribution is -2.49. The molecule has 156 valence electrons. The molecule has 9 nitrogen and oxygen atoms in total. The number of methoxy groups -OCH3 is 1. The number of amides is 2. The van der Waals surface area contributed by atoms with Gasteiger partial charge < -0.3 is 15.0 Å². The van der Waals surface area contributed by atoms with Gasteiger partial charge in [0.1, 0.15) is 5.75 Å². The highest BCUT2D eigenvalue weighted by Gasteiger charge is 2.23. The van der Waals surface area contributed by atoms with Crippen LogP contribution in [-0.2, 0) is 6.54 Å². The number of rotatable bonds is 5. The van der Waals surface area contributed by atoms with Crippen LogP contribution in [0.15, 0.2) is 48.5 Å². The molecule has 1 aliphatic heterocycles. The highest BCUT2D eigenvalue weighted by atomic mass is 35.5. The van der Waals surface area contributed by atoms with Crippen LogP contribution >= 0.6 is 11.6 Å².